The number of likely N-dealkylation sites (tertiary alicyclic amines) is 1. The highest BCUT2D eigenvalue weighted by molar-refractivity contribution is 6.33. The summed E-state index contributed by atoms with van der Waals surface area (Å²) in [5.41, 5.74) is 0.520. The van der Waals surface area contributed by atoms with E-state index < -0.39 is 6.10 Å². The maximum Gasteiger partial charge on any atom is 0.255 e. The number of aliphatic hydroxyl groups excluding tert-OH is 1. The van der Waals surface area contributed by atoms with Crippen LogP contribution >= 0.6 is 11.6 Å². The van der Waals surface area contributed by atoms with E-state index in [9.17, 15) is 9.90 Å². The molecule has 1 aliphatic rings. The molecule has 4 heteroatoms. The molecule has 98 valence electrons. The normalized spacial score (nSPS) is 21.7. The average molecular weight is 268 g/mol. The molecular weight excluding hydrogens is 250 g/mol. The molecule has 2 atom stereocenters. The number of amides is 1. The lowest BCUT2D eigenvalue weighted by molar-refractivity contribution is 0.0281. The number of hydrogen-bond acceptors (Lipinski definition) is 2. The second kappa shape index (κ2) is 5.72. The third kappa shape index (κ3) is 2.68. The van der Waals surface area contributed by atoms with Crippen molar-refractivity contribution < 1.29 is 9.90 Å². The first-order valence-electron chi connectivity index (χ1n) is 6.35. The SMILES string of the molecule is C[C@@H](O)[C@H]1CCCCN1C(=O)c1ccccc1Cl. The van der Waals surface area contributed by atoms with E-state index in [0.717, 1.165) is 19.3 Å². The van der Waals surface area contributed by atoms with Gasteiger partial charge in [-0.25, -0.2) is 0 Å². The van der Waals surface area contributed by atoms with Gasteiger partial charge in [0.05, 0.1) is 22.7 Å². The van der Waals surface area contributed by atoms with Gasteiger partial charge < -0.3 is 10.0 Å². The minimum Gasteiger partial charge on any atom is -0.391 e. The number of piperidine rings is 1. The van der Waals surface area contributed by atoms with E-state index in [1.54, 1.807) is 30.0 Å². The first kappa shape index (κ1) is 13.4. The Hall–Kier alpha value is -1.06. The van der Waals surface area contributed by atoms with Gasteiger partial charge in [-0.1, -0.05) is 23.7 Å². The number of aliphatic hydroxyl groups is 1. The van der Waals surface area contributed by atoms with Gasteiger partial charge in [-0.05, 0) is 38.3 Å². The number of carbonyl (C=O) groups excluding carboxylic acids is 1. The molecule has 1 amide bonds. The van der Waals surface area contributed by atoms with Gasteiger partial charge >= 0.3 is 0 Å². The molecule has 3 nitrogen and oxygen atoms in total. The van der Waals surface area contributed by atoms with E-state index in [4.69, 9.17) is 11.6 Å². The van der Waals surface area contributed by atoms with E-state index in [0.29, 0.717) is 17.1 Å². The van der Waals surface area contributed by atoms with Crippen molar-refractivity contribution in [2.24, 2.45) is 0 Å². The fraction of sp³-hybridized carbons (Fsp3) is 0.500. The topological polar surface area (TPSA) is 40.5 Å². The molecule has 0 aromatic heterocycles. The van der Waals surface area contributed by atoms with Crippen LogP contribution in [-0.4, -0.2) is 34.6 Å². The van der Waals surface area contributed by atoms with Crippen LogP contribution in [0.5, 0.6) is 0 Å². The van der Waals surface area contributed by atoms with Gasteiger partial charge in [0.2, 0.25) is 0 Å². The molecule has 1 aromatic rings. The summed E-state index contributed by atoms with van der Waals surface area (Å²) < 4.78 is 0. The summed E-state index contributed by atoms with van der Waals surface area (Å²) in [4.78, 5) is 14.2. The zero-order valence-corrected chi connectivity index (χ0v) is 11.2. The molecule has 18 heavy (non-hydrogen) atoms. The van der Waals surface area contributed by atoms with Crippen molar-refractivity contribution in [1.29, 1.82) is 0 Å². The van der Waals surface area contributed by atoms with Gasteiger partial charge in [0.25, 0.3) is 5.91 Å². The highest BCUT2D eigenvalue weighted by Gasteiger charge is 2.31. The number of nitrogens with zero attached hydrogens (tertiary/aromatic N) is 1. The van der Waals surface area contributed by atoms with Crippen LogP contribution < -0.4 is 0 Å². The second-order valence-electron chi connectivity index (χ2n) is 4.78. The Kier molecular flexibility index (Phi) is 4.25. The van der Waals surface area contributed by atoms with Crippen LogP contribution in [0.4, 0.5) is 0 Å². The highest BCUT2D eigenvalue weighted by Crippen LogP contribution is 2.24. The Balaban J connectivity index is 2.24. The van der Waals surface area contributed by atoms with Gasteiger partial charge in [-0.2, -0.15) is 0 Å². The third-order valence-electron chi connectivity index (χ3n) is 3.47. The summed E-state index contributed by atoms with van der Waals surface area (Å²) in [6.45, 7) is 2.43. The smallest absolute Gasteiger partial charge is 0.255 e. The Bertz CT molecular complexity index is 434. The fourth-order valence-electron chi connectivity index (χ4n) is 2.50. The molecule has 0 aliphatic carbocycles. The number of halogens is 1. The first-order chi connectivity index (χ1) is 8.61. The summed E-state index contributed by atoms with van der Waals surface area (Å²) in [6.07, 6.45) is 2.39. The highest BCUT2D eigenvalue weighted by atomic mass is 35.5. The van der Waals surface area contributed by atoms with Gasteiger partial charge in [0.1, 0.15) is 0 Å². The zero-order chi connectivity index (χ0) is 13.1. The van der Waals surface area contributed by atoms with Crippen molar-refractivity contribution in [3.63, 3.8) is 0 Å². The van der Waals surface area contributed by atoms with E-state index in [1.165, 1.54) is 0 Å². The maximum absolute atomic E-state index is 12.5. The predicted octanol–water partition coefficient (Wildman–Crippen LogP) is 2.72. The molecule has 1 fully saturated rings. The predicted molar refractivity (Wildman–Crippen MR) is 71.8 cm³/mol. The number of benzene rings is 1. The summed E-state index contributed by atoms with van der Waals surface area (Å²) in [5.74, 6) is -0.0776. The summed E-state index contributed by atoms with van der Waals surface area (Å²) in [7, 11) is 0. The Morgan fingerprint density at radius 1 is 1.44 bits per heavy atom. The van der Waals surface area contributed by atoms with Crippen molar-refractivity contribution >= 4 is 17.5 Å². The van der Waals surface area contributed by atoms with Crippen molar-refractivity contribution in [2.45, 2.75) is 38.3 Å². The largest absolute Gasteiger partial charge is 0.391 e. The van der Waals surface area contributed by atoms with E-state index in [-0.39, 0.29) is 11.9 Å². The van der Waals surface area contributed by atoms with E-state index in [1.807, 2.05) is 6.07 Å². The molecule has 1 heterocycles. The van der Waals surface area contributed by atoms with E-state index in [2.05, 4.69) is 0 Å². The first-order valence-corrected chi connectivity index (χ1v) is 6.72. The minimum atomic E-state index is -0.503. The van der Waals surface area contributed by atoms with Gasteiger partial charge in [0.15, 0.2) is 0 Å². The molecule has 1 aromatic carbocycles. The molecule has 0 unspecified atom stereocenters. The quantitative estimate of drug-likeness (QED) is 0.895. The maximum atomic E-state index is 12.5. The van der Waals surface area contributed by atoms with Crippen LogP contribution in [0.1, 0.15) is 36.5 Å². The molecule has 0 spiro atoms. The van der Waals surface area contributed by atoms with Crippen molar-refractivity contribution in [2.75, 3.05) is 6.54 Å². The molecule has 0 saturated carbocycles. The molecule has 0 radical (unpaired) electrons. The monoisotopic (exact) mass is 267 g/mol. The van der Waals surface area contributed by atoms with Crippen molar-refractivity contribution in [1.82, 2.24) is 4.90 Å². The van der Waals surface area contributed by atoms with Crippen LogP contribution in [0, 0.1) is 0 Å². The lowest BCUT2D eigenvalue weighted by Crippen LogP contribution is -2.49. The molecule has 1 saturated heterocycles. The lowest BCUT2D eigenvalue weighted by atomic mass is 9.97. The number of rotatable bonds is 2. The second-order valence-corrected chi connectivity index (χ2v) is 5.19. The third-order valence-corrected chi connectivity index (χ3v) is 3.80. The van der Waals surface area contributed by atoms with Gasteiger partial charge in [-0.3, -0.25) is 4.79 Å². The van der Waals surface area contributed by atoms with Crippen LogP contribution in [0.25, 0.3) is 0 Å². The number of hydrogen-bond donors (Lipinski definition) is 1. The molecule has 1 N–H and O–H groups in total. The standard InChI is InChI=1S/C14H18ClNO2/c1-10(17)13-8-4-5-9-16(13)14(18)11-6-2-3-7-12(11)15/h2-3,6-7,10,13,17H,4-5,8-9H2,1H3/t10-,13-/m1/s1. The summed E-state index contributed by atoms with van der Waals surface area (Å²) in [5, 5.41) is 10.3. The summed E-state index contributed by atoms with van der Waals surface area (Å²) >= 11 is 6.06. The van der Waals surface area contributed by atoms with Crippen LogP contribution in [0.15, 0.2) is 24.3 Å². The van der Waals surface area contributed by atoms with Crippen LogP contribution in [0.2, 0.25) is 5.02 Å². The molecular formula is C14H18ClNO2. The van der Waals surface area contributed by atoms with Crippen molar-refractivity contribution in [3.05, 3.63) is 34.9 Å². The van der Waals surface area contributed by atoms with Crippen molar-refractivity contribution in [3.8, 4) is 0 Å². The number of carbonyl (C=O) groups is 1. The van der Waals surface area contributed by atoms with Crippen LogP contribution in [0.3, 0.4) is 0 Å². The zero-order valence-electron chi connectivity index (χ0n) is 10.5. The fourth-order valence-corrected chi connectivity index (χ4v) is 2.72. The summed E-state index contributed by atoms with van der Waals surface area (Å²) in [6, 6.07) is 6.97. The molecule has 0 bridgehead atoms. The minimum absolute atomic E-state index is 0.0776. The van der Waals surface area contributed by atoms with Gasteiger partial charge in [-0.15, -0.1) is 0 Å². The Morgan fingerprint density at radius 3 is 2.83 bits per heavy atom. The average Bonchev–Trinajstić information content (AvgIpc) is 2.38. The van der Waals surface area contributed by atoms with E-state index >= 15 is 0 Å². The van der Waals surface area contributed by atoms with Crippen LogP contribution in [-0.2, 0) is 0 Å². The Labute approximate surface area is 112 Å². The Morgan fingerprint density at radius 2 is 2.17 bits per heavy atom. The van der Waals surface area contributed by atoms with Gasteiger partial charge in [0, 0.05) is 6.54 Å². The lowest BCUT2D eigenvalue weighted by Gasteiger charge is -2.37. The molecule has 1 aliphatic heterocycles. The molecule has 2 rings (SSSR count).